The van der Waals surface area contributed by atoms with Crippen molar-refractivity contribution in [1.29, 1.82) is 0 Å². The number of rotatable bonds is 8. The summed E-state index contributed by atoms with van der Waals surface area (Å²) in [5, 5.41) is 8.78. The predicted octanol–water partition coefficient (Wildman–Crippen LogP) is 4.89. The number of nitrogens with one attached hydrogen (secondary N) is 2. The Morgan fingerprint density at radius 3 is 2.37 bits per heavy atom. The molecule has 30 heavy (non-hydrogen) atoms. The van der Waals surface area contributed by atoms with E-state index in [9.17, 15) is 4.79 Å². The van der Waals surface area contributed by atoms with Gasteiger partial charge in [0.1, 0.15) is 5.75 Å². The van der Waals surface area contributed by atoms with Gasteiger partial charge in [0.25, 0.3) is 5.91 Å². The molecule has 0 spiro atoms. The number of carbonyl (C=O) groups is 1. The summed E-state index contributed by atoms with van der Waals surface area (Å²) in [7, 11) is 0. The number of carbonyl (C=O) groups excluding carboxylic acids is 1. The Labute approximate surface area is 185 Å². The molecule has 0 heterocycles. The summed E-state index contributed by atoms with van der Waals surface area (Å²) >= 11 is 0. The Balaban J connectivity index is 0.00000320. The minimum Gasteiger partial charge on any atom is -0.483 e. The summed E-state index contributed by atoms with van der Waals surface area (Å²) in [5.41, 5.74) is 2.12. The van der Waals surface area contributed by atoms with E-state index < -0.39 is 0 Å². The second kappa shape index (κ2) is 11.0. The maximum Gasteiger partial charge on any atom is 0.258 e. The fraction of sp³-hybridized carbons (Fsp3) is 0.320. The number of halogens is 1. The van der Waals surface area contributed by atoms with Gasteiger partial charge in [0, 0.05) is 17.6 Å². The zero-order valence-electron chi connectivity index (χ0n) is 17.9. The summed E-state index contributed by atoms with van der Waals surface area (Å²) in [6, 6.07) is 22.7. The third-order valence-corrected chi connectivity index (χ3v) is 4.61. The fourth-order valence-electron chi connectivity index (χ4n) is 3.32. The van der Waals surface area contributed by atoms with Gasteiger partial charge in [0.05, 0.1) is 0 Å². The van der Waals surface area contributed by atoms with Crippen molar-refractivity contribution < 1.29 is 9.53 Å². The van der Waals surface area contributed by atoms with Gasteiger partial charge in [0.2, 0.25) is 0 Å². The van der Waals surface area contributed by atoms with E-state index in [0.717, 1.165) is 29.7 Å². The highest BCUT2D eigenvalue weighted by Gasteiger charge is 2.15. The van der Waals surface area contributed by atoms with Crippen LogP contribution in [0, 0.1) is 0 Å². The van der Waals surface area contributed by atoms with Gasteiger partial charge in [-0.25, -0.2) is 0 Å². The molecule has 3 aromatic carbocycles. The van der Waals surface area contributed by atoms with Gasteiger partial charge in [-0.15, -0.1) is 12.4 Å². The van der Waals surface area contributed by atoms with E-state index in [4.69, 9.17) is 4.74 Å². The van der Waals surface area contributed by atoms with Gasteiger partial charge < -0.3 is 15.4 Å². The number of benzene rings is 3. The first-order valence-corrected chi connectivity index (χ1v) is 10.1. The smallest absolute Gasteiger partial charge is 0.258 e. The van der Waals surface area contributed by atoms with Crippen molar-refractivity contribution >= 4 is 29.1 Å². The summed E-state index contributed by atoms with van der Waals surface area (Å²) in [6.07, 6.45) is 0.968. The SMILES string of the molecule is CC(C)(C)NC(=O)COc1ccc2ccccc2c1CNCCc1ccccc1.Cl. The lowest BCUT2D eigenvalue weighted by atomic mass is 10.0. The van der Waals surface area contributed by atoms with Crippen molar-refractivity contribution in [2.24, 2.45) is 0 Å². The van der Waals surface area contributed by atoms with E-state index in [1.165, 1.54) is 10.9 Å². The standard InChI is InChI=1S/C25H30N2O2.ClH/c1-25(2,3)27-24(28)18-29-23-14-13-20-11-7-8-12-21(20)22(23)17-26-16-15-19-9-5-4-6-10-19;/h4-14,26H,15-18H2,1-3H3,(H,27,28);1H. The highest BCUT2D eigenvalue weighted by Crippen LogP contribution is 2.28. The highest BCUT2D eigenvalue weighted by molar-refractivity contribution is 5.88. The third kappa shape index (κ3) is 7.05. The molecule has 0 bridgehead atoms. The maximum absolute atomic E-state index is 12.2. The van der Waals surface area contributed by atoms with E-state index in [1.54, 1.807) is 0 Å². The van der Waals surface area contributed by atoms with Crippen molar-refractivity contribution in [3.8, 4) is 5.75 Å². The third-order valence-electron chi connectivity index (χ3n) is 4.61. The lowest BCUT2D eigenvalue weighted by molar-refractivity contribution is -0.124. The summed E-state index contributed by atoms with van der Waals surface area (Å²) in [5.74, 6) is 0.633. The Morgan fingerprint density at radius 1 is 0.933 bits per heavy atom. The second-order valence-electron chi connectivity index (χ2n) is 8.26. The second-order valence-corrected chi connectivity index (χ2v) is 8.26. The number of hydrogen-bond donors (Lipinski definition) is 2. The van der Waals surface area contributed by atoms with Crippen LogP contribution >= 0.6 is 12.4 Å². The molecule has 1 amide bonds. The van der Waals surface area contributed by atoms with Crippen LogP contribution in [0.2, 0.25) is 0 Å². The van der Waals surface area contributed by atoms with E-state index >= 15 is 0 Å². The van der Waals surface area contributed by atoms with Crippen LogP contribution in [0.1, 0.15) is 31.9 Å². The molecule has 0 aromatic heterocycles. The van der Waals surface area contributed by atoms with Crippen LogP contribution in [0.3, 0.4) is 0 Å². The first kappa shape index (κ1) is 23.7. The Hall–Kier alpha value is -2.56. The van der Waals surface area contributed by atoms with E-state index in [2.05, 4.69) is 47.0 Å². The fourth-order valence-corrected chi connectivity index (χ4v) is 3.32. The average Bonchev–Trinajstić information content (AvgIpc) is 2.69. The molecule has 5 heteroatoms. The van der Waals surface area contributed by atoms with Crippen molar-refractivity contribution in [3.05, 3.63) is 77.9 Å². The molecular formula is C25H31ClN2O2. The normalized spacial score (nSPS) is 11.0. The molecular weight excluding hydrogens is 396 g/mol. The lowest BCUT2D eigenvalue weighted by Crippen LogP contribution is -2.43. The number of amides is 1. The molecule has 160 valence electrons. The topological polar surface area (TPSA) is 50.4 Å². The van der Waals surface area contributed by atoms with Gasteiger partial charge in [0.15, 0.2) is 6.61 Å². The van der Waals surface area contributed by atoms with Crippen molar-refractivity contribution in [3.63, 3.8) is 0 Å². The van der Waals surface area contributed by atoms with Crippen molar-refractivity contribution in [2.45, 2.75) is 39.3 Å². The molecule has 0 radical (unpaired) electrons. The number of ether oxygens (including phenoxy) is 1. The summed E-state index contributed by atoms with van der Waals surface area (Å²) in [6.45, 7) is 7.45. The van der Waals surface area contributed by atoms with Crippen LogP contribution in [0.5, 0.6) is 5.75 Å². The molecule has 0 saturated carbocycles. The zero-order valence-corrected chi connectivity index (χ0v) is 18.7. The minimum absolute atomic E-state index is 0. The molecule has 0 aliphatic rings. The van der Waals surface area contributed by atoms with Crippen molar-refractivity contribution in [2.75, 3.05) is 13.2 Å². The summed E-state index contributed by atoms with van der Waals surface area (Å²) < 4.78 is 5.92. The Kier molecular flexibility index (Phi) is 8.70. The quantitative estimate of drug-likeness (QED) is 0.504. The molecule has 0 unspecified atom stereocenters. The van der Waals surface area contributed by atoms with E-state index in [1.807, 2.05) is 51.1 Å². The zero-order chi connectivity index (χ0) is 20.7. The van der Waals surface area contributed by atoms with Crippen LogP contribution in [-0.4, -0.2) is 24.6 Å². The van der Waals surface area contributed by atoms with Crippen molar-refractivity contribution in [1.82, 2.24) is 10.6 Å². The first-order chi connectivity index (χ1) is 13.9. The van der Waals surface area contributed by atoms with E-state index in [0.29, 0.717) is 6.54 Å². The molecule has 4 nitrogen and oxygen atoms in total. The largest absolute Gasteiger partial charge is 0.483 e. The maximum atomic E-state index is 12.2. The van der Waals surface area contributed by atoms with Crippen LogP contribution in [0.25, 0.3) is 10.8 Å². The van der Waals surface area contributed by atoms with Crippen LogP contribution < -0.4 is 15.4 Å². The molecule has 3 aromatic rings. The molecule has 0 fully saturated rings. The van der Waals surface area contributed by atoms with Crippen LogP contribution in [0.15, 0.2) is 66.7 Å². The molecule has 0 saturated heterocycles. The van der Waals surface area contributed by atoms with Crippen LogP contribution in [0.4, 0.5) is 0 Å². The van der Waals surface area contributed by atoms with E-state index in [-0.39, 0.29) is 30.5 Å². The number of hydrogen-bond acceptors (Lipinski definition) is 3. The average molecular weight is 427 g/mol. The highest BCUT2D eigenvalue weighted by atomic mass is 35.5. The Morgan fingerprint density at radius 2 is 1.63 bits per heavy atom. The van der Waals surface area contributed by atoms with Gasteiger partial charge in [-0.05, 0) is 56.1 Å². The summed E-state index contributed by atoms with van der Waals surface area (Å²) in [4.78, 5) is 12.2. The number of fused-ring (bicyclic) bond motifs is 1. The predicted molar refractivity (Wildman–Crippen MR) is 126 cm³/mol. The Bertz CT molecular complexity index is 952. The van der Waals surface area contributed by atoms with Gasteiger partial charge >= 0.3 is 0 Å². The molecule has 0 aliphatic carbocycles. The molecule has 3 rings (SSSR count). The molecule has 0 atom stereocenters. The first-order valence-electron chi connectivity index (χ1n) is 10.1. The van der Waals surface area contributed by atoms with Gasteiger partial charge in [-0.3, -0.25) is 4.79 Å². The van der Waals surface area contributed by atoms with Gasteiger partial charge in [-0.1, -0.05) is 60.7 Å². The molecule has 2 N–H and O–H groups in total. The lowest BCUT2D eigenvalue weighted by Gasteiger charge is -2.21. The monoisotopic (exact) mass is 426 g/mol. The van der Waals surface area contributed by atoms with Gasteiger partial charge in [-0.2, -0.15) is 0 Å². The minimum atomic E-state index is -0.272. The van der Waals surface area contributed by atoms with Crippen LogP contribution in [-0.2, 0) is 17.8 Å². The molecule has 0 aliphatic heterocycles.